The van der Waals surface area contributed by atoms with Crippen molar-refractivity contribution in [3.8, 4) is 11.5 Å². The number of hydrogen-bond acceptors (Lipinski definition) is 7. The Morgan fingerprint density at radius 1 is 1.00 bits per heavy atom. The summed E-state index contributed by atoms with van der Waals surface area (Å²) in [7, 11) is -2.27. The molecule has 188 valence electrons. The molecule has 0 bridgehead atoms. The molecule has 1 aromatic heterocycles. The number of nitrogens with zero attached hydrogens (tertiary/aromatic N) is 2. The van der Waals surface area contributed by atoms with Crippen molar-refractivity contribution in [3.05, 3.63) is 72.2 Å². The minimum Gasteiger partial charge on any atom is -0.495 e. The summed E-state index contributed by atoms with van der Waals surface area (Å²) in [6.45, 7) is 5.76. The predicted octanol–water partition coefficient (Wildman–Crippen LogP) is 4.71. The Morgan fingerprint density at radius 3 is 2.37 bits per heavy atom. The van der Waals surface area contributed by atoms with Gasteiger partial charge in [0.1, 0.15) is 17.3 Å². The van der Waals surface area contributed by atoms with E-state index >= 15 is 0 Å². The first-order valence-corrected chi connectivity index (χ1v) is 13.0. The van der Waals surface area contributed by atoms with Crippen molar-refractivity contribution in [1.29, 1.82) is 0 Å². The van der Waals surface area contributed by atoms with E-state index in [1.54, 1.807) is 48.5 Å². The van der Waals surface area contributed by atoms with Gasteiger partial charge >= 0.3 is 16.1 Å². The number of benzene rings is 2. The van der Waals surface area contributed by atoms with E-state index in [1.165, 1.54) is 18.3 Å². The van der Waals surface area contributed by atoms with Crippen molar-refractivity contribution < 1.29 is 26.5 Å². The number of carbonyl (C=O) groups is 1. The minimum absolute atomic E-state index is 0.0745. The third-order valence-corrected chi connectivity index (χ3v) is 5.83. The maximum atomic E-state index is 13.3. The number of methoxy groups -OCH3 is 1. The molecule has 2 aromatic carbocycles. The summed E-state index contributed by atoms with van der Waals surface area (Å²) >= 11 is 0. The third kappa shape index (κ3) is 7.16. The van der Waals surface area contributed by atoms with Gasteiger partial charge in [0.25, 0.3) is 0 Å². The number of hydrogen-bond donors (Lipinski definition) is 1. The van der Waals surface area contributed by atoms with E-state index in [2.05, 4.69) is 10.2 Å². The average molecular weight is 502 g/mol. The van der Waals surface area contributed by atoms with Gasteiger partial charge in [0.05, 0.1) is 38.4 Å². The molecule has 9 nitrogen and oxygen atoms in total. The lowest BCUT2D eigenvalue weighted by Crippen LogP contribution is -2.34. The fourth-order valence-corrected chi connectivity index (χ4v) is 4.12. The van der Waals surface area contributed by atoms with Gasteiger partial charge in [-0.05, 0) is 44.2 Å². The number of nitrogens with one attached hydrogen (secondary N) is 1. The molecule has 0 saturated heterocycles. The van der Waals surface area contributed by atoms with Gasteiger partial charge < -0.3 is 28.5 Å². The fraction of sp³-hybridized carbons (Fsp3) is 0.320. The van der Waals surface area contributed by atoms with Crippen LogP contribution in [0.25, 0.3) is 0 Å². The van der Waals surface area contributed by atoms with Crippen LogP contribution in [0.4, 0.5) is 16.2 Å². The molecule has 1 N–H and O–H groups in total. The minimum atomic E-state index is -3.79. The molecule has 0 aliphatic rings. The highest BCUT2D eigenvalue weighted by Gasteiger charge is 2.21. The molecule has 0 fully saturated rings. The smallest absolute Gasteiger partial charge is 0.322 e. The molecule has 35 heavy (non-hydrogen) atoms. The van der Waals surface area contributed by atoms with Crippen LogP contribution in [-0.4, -0.2) is 45.8 Å². The lowest BCUT2D eigenvalue weighted by molar-refractivity contribution is 0.200. The first-order chi connectivity index (χ1) is 16.7. The van der Waals surface area contributed by atoms with Gasteiger partial charge in [0.15, 0.2) is 0 Å². The molecule has 0 unspecified atom stereocenters. The lowest BCUT2D eigenvalue weighted by atomic mass is 10.1. The second-order valence-corrected chi connectivity index (χ2v) is 9.39. The number of carbonyl (C=O) groups excluding carboxylic acids is 1. The van der Waals surface area contributed by atoms with E-state index < -0.39 is 16.1 Å². The van der Waals surface area contributed by atoms with E-state index in [9.17, 15) is 13.2 Å². The van der Waals surface area contributed by atoms with Gasteiger partial charge in [-0.2, -0.15) is 8.42 Å². The molecule has 0 spiro atoms. The zero-order chi connectivity index (χ0) is 25.4. The van der Waals surface area contributed by atoms with Crippen LogP contribution < -0.4 is 19.1 Å². The molecule has 3 rings (SSSR count). The Balaban J connectivity index is 1.95. The summed E-state index contributed by atoms with van der Waals surface area (Å²) in [5.74, 6) is 1.26. The van der Waals surface area contributed by atoms with Crippen LogP contribution in [0.3, 0.4) is 0 Å². The molecule has 0 aliphatic heterocycles. The molecule has 3 aromatic rings. The van der Waals surface area contributed by atoms with E-state index in [1.807, 2.05) is 19.9 Å². The topological polar surface area (TPSA) is 101 Å². The van der Waals surface area contributed by atoms with Crippen LogP contribution in [0.15, 0.2) is 65.3 Å². The standard InChI is InChI=1S/C25H31N3O6S/c1-5-27(6-2)20-14-13-19(24(16-20)34-35(4,30)31)17-28(18-21-10-9-15-33-21)25(29)26-22-11-7-8-12-23(22)32-3/h7-16H,5-6,17-18H2,1-4H3,(H,26,29). The number of para-hydroxylation sites is 2. The highest BCUT2D eigenvalue weighted by atomic mass is 32.2. The first kappa shape index (κ1) is 26.0. The second kappa shape index (κ2) is 11.7. The summed E-state index contributed by atoms with van der Waals surface area (Å²) < 4.78 is 40.1. The Kier molecular flexibility index (Phi) is 8.64. The zero-order valence-corrected chi connectivity index (χ0v) is 21.2. The van der Waals surface area contributed by atoms with Gasteiger partial charge in [-0.25, -0.2) is 4.79 Å². The maximum absolute atomic E-state index is 13.3. The maximum Gasteiger partial charge on any atom is 0.322 e. The molecule has 1 heterocycles. The first-order valence-electron chi connectivity index (χ1n) is 11.2. The molecular formula is C25H31N3O6S. The Bertz CT molecular complexity index is 1220. The molecule has 0 saturated carbocycles. The van der Waals surface area contributed by atoms with Crippen molar-refractivity contribution in [2.45, 2.75) is 26.9 Å². The summed E-state index contributed by atoms with van der Waals surface area (Å²) in [6, 6.07) is 15.5. The third-order valence-electron chi connectivity index (χ3n) is 5.34. The second-order valence-electron chi connectivity index (χ2n) is 7.82. The summed E-state index contributed by atoms with van der Waals surface area (Å²) in [6.07, 6.45) is 2.53. The van der Waals surface area contributed by atoms with Gasteiger partial charge in [0, 0.05) is 30.4 Å². The van der Waals surface area contributed by atoms with Crippen LogP contribution in [0.1, 0.15) is 25.2 Å². The highest BCUT2D eigenvalue weighted by Crippen LogP contribution is 2.30. The number of rotatable bonds is 11. The Morgan fingerprint density at radius 2 is 1.74 bits per heavy atom. The van der Waals surface area contributed by atoms with E-state index in [4.69, 9.17) is 13.3 Å². The monoisotopic (exact) mass is 501 g/mol. The number of anilines is 2. The lowest BCUT2D eigenvalue weighted by Gasteiger charge is -2.26. The van der Waals surface area contributed by atoms with Gasteiger partial charge in [0.2, 0.25) is 0 Å². The van der Waals surface area contributed by atoms with Crippen LogP contribution >= 0.6 is 0 Å². The SMILES string of the molecule is CCN(CC)c1ccc(CN(Cc2ccco2)C(=O)Nc2ccccc2OC)c(OS(C)(=O)=O)c1. The molecule has 2 amide bonds. The highest BCUT2D eigenvalue weighted by molar-refractivity contribution is 7.86. The van der Waals surface area contributed by atoms with E-state index in [0.717, 1.165) is 25.0 Å². The van der Waals surface area contributed by atoms with E-state index in [-0.39, 0.29) is 18.8 Å². The summed E-state index contributed by atoms with van der Waals surface area (Å²) in [5, 5.41) is 2.86. The number of amides is 2. The number of furan rings is 1. The molecule has 10 heteroatoms. The number of urea groups is 1. The van der Waals surface area contributed by atoms with Crippen molar-refractivity contribution >= 4 is 27.5 Å². The van der Waals surface area contributed by atoms with E-state index in [0.29, 0.717) is 22.8 Å². The normalized spacial score (nSPS) is 11.1. The Labute approximate surface area is 206 Å². The zero-order valence-electron chi connectivity index (χ0n) is 20.4. The van der Waals surface area contributed by atoms with Crippen LogP contribution in [-0.2, 0) is 23.2 Å². The van der Waals surface area contributed by atoms with Gasteiger partial charge in [-0.15, -0.1) is 0 Å². The van der Waals surface area contributed by atoms with Crippen molar-refractivity contribution in [2.24, 2.45) is 0 Å². The predicted molar refractivity (Wildman–Crippen MR) is 135 cm³/mol. The summed E-state index contributed by atoms with van der Waals surface area (Å²) in [5.41, 5.74) is 1.87. The van der Waals surface area contributed by atoms with Crippen molar-refractivity contribution in [1.82, 2.24) is 4.90 Å². The van der Waals surface area contributed by atoms with Crippen molar-refractivity contribution in [2.75, 3.05) is 36.7 Å². The van der Waals surface area contributed by atoms with Gasteiger partial charge in [-0.1, -0.05) is 18.2 Å². The van der Waals surface area contributed by atoms with Crippen molar-refractivity contribution in [3.63, 3.8) is 0 Å². The summed E-state index contributed by atoms with van der Waals surface area (Å²) in [4.78, 5) is 16.9. The van der Waals surface area contributed by atoms with Gasteiger partial charge in [-0.3, -0.25) is 0 Å². The number of ether oxygens (including phenoxy) is 1. The van der Waals surface area contributed by atoms with Crippen LogP contribution in [0.5, 0.6) is 11.5 Å². The molecule has 0 atom stereocenters. The largest absolute Gasteiger partial charge is 0.495 e. The fourth-order valence-electron chi connectivity index (χ4n) is 3.64. The molecule has 0 radical (unpaired) electrons. The van der Waals surface area contributed by atoms with Crippen LogP contribution in [0, 0.1) is 0 Å². The van der Waals surface area contributed by atoms with Crippen LogP contribution in [0.2, 0.25) is 0 Å². The average Bonchev–Trinajstić information content (AvgIpc) is 3.33. The Hall–Kier alpha value is -3.66. The quantitative estimate of drug-likeness (QED) is 0.380. The molecule has 0 aliphatic carbocycles. The molecular weight excluding hydrogens is 470 g/mol.